The van der Waals surface area contributed by atoms with Crippen LogP contribution in [0.1, 0.15) is 32.8 Å². The Bertz CT molecular complexity index is 516. The van der Waals surface area contributed by atoms with Crippen molar-refractivity contribution in [2.75, 3.05) is 10.5 Å². The Kier molecular flexibility index (Phi) is 4.27. The van der Waals surface area contributed by atoms with E-state index in [4.69, 9.17) is 0 Å². The number of phenolic OH excluding ortho intramolecular Hbond substituents is 1. The van der Waals surface area contributed by atoms with Crippen LogP contribution in [0, 0.1) is 12.3 Å². The molecule has 0 saturated carbocycles. The number of hydrogen-bond acceptors (Lipinski definition) is 3. The van der Waals surface area contributed by atoms with Gasteiger partial charge < -0.3 is 5.11 Å². The second kappa shape index (κ2) is 5.18. The molecule has 0 spiro atoms. The molecule has 0 aromatic heterocycles. The van der Waals surface area contributed by atoms with E-state index in [1.54, 1.807) is 25.1 Å². The van der Waals surface area contributed by atoms with Crippen LogP contribution in [0.25, 0.3) is 0 Å². The van der Waals surface area contributed by atoms with Crippen LogP contribution in [-0.4, -0.2) is 19.3 Å². The van der Waals surface area contributed by atoms with Crippen LogP contribution in [-0.2, 0) is 10.0 Å². The molecule has 1 rings (SSSR count). The van der Waals surface area contributed by atoms with Gasteiger partial charge in [0.2, 0.25) is 10.0 Å². The first-order valence-electron chi connectivity index (χ1n) is 5.90. The zero-order valence-electron chi connectivity index (χ0n) is 11.3. The number of benzene rings is 1. The molecule has 0 aliphatic rings. The average molecular weight is 271 g/mol. The van der Waals surface area contributed by atoms with E-state index in [-0.39, 0.29) is 22.6 Å². The second-order valence-electron chi connectivity index (χ2n) is 5.70. The predicted octanol–water partition coefficient (Wildman–Crippen LogP) is 2.88. The first kappa shape index (κ1) is 14.8. The summed E-state index contributed by atoms with van der Waals surface area (Å²) in [6.07, 6.45) is 0.564. The fourth-order valence-electron chi connectivity index (χ4n) is 1.40. The highest BCUT2D eigenvalue weighted by atomic mass is 32.2. The standard InChI is InChI=1S/C13H21NO3S/c1-10-6-5-7-11(12(10)15)14-18(16,17)9-8-13(2,3)4/h5-7,14-15H,8-9H2,1-4H3. The van der Waals surface area contributed by atoms with E-state index in [9.17, 15) is 13.5 Å². The van der Waals surface area contributed by atoms with E-state index in [0.29, 0.717) is 12.0 Å². The van der Waals surface area contributed by atoms with Crippen molar-refractivity contribution in [3.8, 4) is 5.75 Å². The highest BCUT2D eigenvalue weighted by Gasteiger charge is 2.18. The molecule has 0 aliphatic heterocycles. The largest absolute Gasteiger partial charge is 0.505 e. The van der Waals surface area contributed by atoms with Gasteiger partial charge in [0.1, 0.15) is 5.75 Å². The van der Waals surface area contributed by atoms with E-state index >= 15 is 0 Å². The lowest BCUT2D eigenvalue weighted by molar-refractivity contribution is 0.397. The van der Waals surface area contributed by atoms with Gasteiger partial charge in [0.05, 0.1) is 11.4 Å². The number of phenols is 1. The maximum Gasteiger partial charge on any atom is 0.232 e. The van der Waals surface area contributed by atoms with Gasteiger partial charge in [0.25, 0.3) is 0 Å². The van der Waals surface area contributed by atoms with E-state index in [0.717, 1.165) is 0 Å². The van der Waals surface area contributed by atoms with Crippen molar-refractivity contribution in [1.82, 2.24) is 0 Å². The van der Waals surface area contributed by atoms with E-state index in [2.05, 4.69) is 4.72 Å². The molecule has 1 aromatic carbocycles. The number of anilines is 1. The Morgan fingerprint density at radius 3 is 2.44 bits per heavy atom. The zero-order chi connectivity index (χ0) is 14.0. The van der Waals surface area contributed by atoms with Crippen molar-refractivity contribution in [1.29, 1.82) is 0 Å². The highest BCUT2D eigenvalue weighted by molar-refractivity contribution is 7.92. The molecule has 1 aromatic rings. The van der Waals surface area contributed by atoms with Crippen LogP contribution in [0.5, 0.6) is 5.75 Å². The van der Waals surface area contributed by atoms with Gasteiger partial charge in [-0.3, -0.25) is 4.72 Å². The van der Waals surface area contributed by atoms with Crippen LogP contribution >= 0.6 is 0 Å². The Balaban J connectivity index is 2.80. The third-order valence-electron chi connectivity index (χ3n) is 2.62. The summed E-state index contributed by atoms with van der Waals surface area (Å²) in [6, 6.07) is 4.98. The molecule has 0 atom stereocenters. The Hall–Kier alpha value is -1.23. The van der Waals surface area contributed by atoms with Gasteiger partial charge in [-0.05, 0) is 30.4 Å². The predicted molar refractivity (Wildman–Crippen MR) is 74.3 cm³/mol. The Labute approximate surface area is 109 Å². The molecule has 0 saturated heterocycles. The number of para-hydroxylation sites is 1. The number of sulfonamides is 1. The molecule has 0 unspecified atom stereocenters. The summed E-state index contributed by atoms with van der Waals surface area (Å²) in [5.41, 5.74) is 0.846. The average Bonchev–Trinajstić information content (AvgIpc) is 2.21. The zero-order valence-corrected chi connectivity index (χ0v) is 12.1. The minimum Gasteiger partial charge on any atom is -0.505 e. The van der Waals surface area contributed by atoms with Crippen molar-refractivity contribution in [2.24, 2.45) is 5.41 Å². The highest BCUT2D eigenvalue weighted by Crippen LogP contribution is 2.28. The van der Waals surface area contributed by atoms with Crippen molar-refractivity contribution in [3.05, 3.63) is 23.8 Å². The molecular formula is C13H21NO3S. The molecule has 0 aliphatic carbocycles. The molecule has 0 fully saturated rings. The van der Waals surface area contributed by atoms with Gasteiger partial charge in [0.15, 0.2) is 0 Å². The second-order valence-corrected chi connectivity index (χ2v) is 7.54. The van der Waals surface area contributed by atoms with Gasteiger partial charge in [-0.15, -0.1) is 0 Å². The first-order valence-corrected chi connectivity index (χ1v) is 7.55. The van der Waals surface area contributed by atoms with Gasteiger partial charge >= 0.3 is 0 Å². The van der Waals surface area contributed by atoms with Crippen molar-refractivity contribution < 1.29 is 13.5 Å². The summed E-state index contributed by atoms with van der Waals surface area (Å²) in [5, 5.41) is 9.76. The topological polar surface area (TPSA) is 66.4 Å². The van der Waals surface area contributed by atoms with E-state index in [1.165, 1.54) is 0 Å². The summed E-state index contributed by atoms with van der Waals surface area (Å²) >= 11 is 0. The SMILES string of the molecule is Cc1cccc(NS(=O)(=O)CCC(C)(C)C)c1O. The number of aryl methyl sites for hydroxylation is 1. The summed E-state index contributed by atoms with van der Waals surface area (Å²) in [4.78, 5) is 0. The number of aromatic hydroxyl groups is 1. The van der Waals surface area contributed by atoms with Gasteiger partial charge in [-0.1, -0.05) is 32.9 Å². The molecule has 5 heteroatoms. The van der Waals surface area contributed by atoms with E-state index < -0.39 is 10.0 Å². The number of hydrogen-bond donors (Lipinski definition) is 2. The molecular weight excluding hydrogens is 250 g/mol. The normalized spacial score (nSPS) is 12.4. The molecule has 4 nitrogen and oxygen atoms in total. The lowest BCUT2D eigenvalue weighted by Crippen LogP contribution is -2.21. The fraction of sp³-hybridized carbons (Fsp3) is 0.538. The monoisotopic (exact) mass is 271 g/mol. The minimum absolute atomic E-state index is 0.0168. The Morgan fingerprint density at radius 1 is 1.28 bits per heavy atom. The minimum atomic E-state index is -3.42. The van der Waals surface area contributed by atoms with Gasteiger partial charge in [0, 0.05) is 0 Å². The summed E-state index contributed by atoms with van der Waals surface area (Å²) in [5.74, 6) is 0.0287. The smallest absolute Gasteiger partial charge is 0.232 e. The van der Waals surface area contributed by atoms with Crippen LogP contribution < -0.4 is 4.72 Å². The van der Waals surface area contributed by atoms with Gasteiger partial charge in [-0.2, -0.15) is 0 Å². The number of rotatable bonds is 4. The van der Waals surface area contributed by atoms with Crippen LogP contribution in [0.15, 0.2) is 18.2 Å². The first-order chi connectivity index (χ1) is 8.11. The van der Waals surface area contributed by atoms with Crippen molar-refractivity contribution in [2.45, 2.75) is 34.1 Å². The lowest BCUT2D eigenvalue weighted by Gasteiger charge is -2.18. The summed E-state index contributed by atoms with van der Waals surface area (Å²) in [6.45, 7) is 7.70. The molecule has 0 heterocycles. The molecule has 0 amide bonds. The molecule has 0 radical (unpaired) electrons. The maximum absolute atomic E-state index is 11.9. The molecule has 18 heavy (non-hydrogen) atoms. The van der Waals surface area contributed by atoms with Crippen LogP contribution in [0.2, 0.25) is 0 Å². The molecule has 102 valence electrons. The third-order valence-corrected chi connectivity index (χ3v) is 3.90. The fourth-order valence-corrected chi connectivity index (χ4v) is 2.88. The van der Waals surface area contributed by atoms with E-state index in [1.807, 2.05) is 20.8 Å². The summed E-state index contributed by atoms with van der Waals surface area (Å²) in [7, 11) is -3.42. The van der Waals surface area contributed by atoms with Crippen molar-refractivity contribution in [3.63, 3.8) is 0 Å². The lowest BCUT2D eigenvalue weighted by atomic mass is 9.94. The molecule has 2 N–H and O–H groups in total. The van der Waals surface area contributed by atoms with Crippen molar-refractivity contribution >= 4 is 15.7 Å². The number of nitrogens with one attached hydrogen (secondary N) is 1. The summed E-state index contributed by atoms with van der Waals surface area (Å²) < 4.78 is 26.2. The van der Waals surface area contributed by atoms with Crippen LogP contribution in [0.4, 0.5) is 5.69 Å². The quantitative estimate of drug-likeness (QED) is 0.827. The maximum atomic E-state index is 11.9. The molecule has 0 bridgehead atoms. The third kappa shape index (κ3) is 4.56. The van der Waals surface area contributed by atoms with Crippen LogP contribution in [0.3, 0.4) is 0 Å². The van der Waals surface area contributed by atoms with Gasteiger partial charge in [-0.25, -0.2) is 8.42 Å². The Morgan fingerprint density at radius 2 is 1.89 bits per heavy atom.